The van der Waals surface area contributed by atoms with Crippen LogP contribution in [0.2, 0.25) is 0 Å². The van der Waals surface area contributed by atoms with Gasteiger partial charge in [-0.25, -0.2) is 0 Å². The minimum absolute atomic E-state index is 0.0978. The van der Waals surface area contributed by atoms with E-state index in [9.17, 15) is 4.79 Å². The SMILES string of the molecule is CCCCCCOc1cccn(CCOCCN)c1=O. The highest BCUT2D eigenvalue weighted by molar-refractivity contribution is 5.17. The monoisotopic (exact) mass is 282 g/mol. The van der Waals surface area contributed by atoms with Crippen molar-refractivity contribution in [2.75, 3.05) is 26.4 Å². The molecule has 0 atom stereocenters. The predicted molar refractivity (Wildman–Crippen MR) is 80.2 cm³/mol. The highest BCUT2D eigenvalue weighted by Crippen LogP contribution is 2.05. The van der Waals surface area contributed by atoms with Gasteiger partial charge in [-0.3, -0.25) is 4.79 Å². The van der Waals surface area contributed by atoms with E-state index < -0.39 is 0 Å². The summed E-state index contributed by atoms with van der Waals surface area (Å²) in [7, 11) is 0. The molecule has 0 aliphatic heterocycles. The van der Waals surface area contributed by atoms with E-state index in [2.05, 4.69) is 6.92 Å². The molecule has 0 bridgehead atoms. The maximum atomic E-state index is 12.1. The standard InChI is InChI=1S/C15H26N2O3/c1-2-3-4-5-11-20-14-7-6-9-17(15(14)18)10-13-19-12-8-16/h6-7,9H,2-5,8,10-13,16H2,1H3. The molecule has 1 rings (SSSR count). The van der Waals surface area contributed by atoms with Gasteiger partial charge < -0.3 is 19.8 Å². The van der Waals surface area contributed by atoms with Crippen molar-refractivity contribution in [3.05, 3.63) is 28.7 Å². The predicted octanol–water partition coefficient (Wildman–Crippen LogP) is 1.78. The van der Waals surface area contributed by atoms with Crippen LogP contribution in [0.25, 0.3) is 0 Å². The Labute approximate surface area is 120 Å². The number of aromatic nitrogens is 1. The third-order valence-electron chi connectivity index (χ3n) is 2.98. The molecule has 0 aliphatic rings. The van der Waals surface area contributed by atoms with Crippen LogP contribution in [-0.2, 0) is 11.3 Å². The van der Waals surface area contributed by atoms with Gasteiger partial charge in [0.2, 0.25) is 0 Å². The molecular weight excluding hydrogens is 256 g/mol. The fourth-order valence-electron chi connectivity index (χ4n) is 1.86. The van der Waals surface area contributed by atoms with E-state index in [0.29, 0.717) is 38.7 Å². The fourth-order valence-corrected chi connectivity index (χ4v) is 1.86. The zero-order valence-electron chi connectivity index (χ0n) is 12.3. The summed E-state index contributed by atoms with van der Waals surface area (Å²) in [6.07, 6.45) is 6.28. The van der Waals surface area contributed by atoms with Crippen LogP contribution in [0.3, 0.4) is 0 Å². The number of hydrogen-bond donors (Lipinski definition) is 1. The van der Waals surface area contributed by atoms with Crippen molar-refractivity contribution in [1.29, 1.82) is 0 Å². The summed E-state index contributed by atoms with van der Waals surface area (Å²) >= 11 is 0. The maximum absolute atomic E-state index is 12.1. The average Bonchev–Trinajstić information content (AvgIpc) is 2.46. The first-order valence-corrected chi connectivity index (χ1v) is 7.39. The lowest BCUT2D eigenvalue weighted by atomic mass is 10.2. The first kappa shape index (κ1) is 16.7. The maximum Gasteiger partial charge on any atom is 0.292 e. The highest BCUT2D eigenvalue weighted by Gasteiger charge is 2.04. The highest BCUT2D eigenvalue weighted by atomic mass is 16.5. The molecule has 1 aromatic heterocycles. The van der Waals surface area contributed by atoms with Gasteiger partial charge in [-0.15, -0.1) is 0 Å². The molecule has 20 heavy (non-hydrogen) atoms. The fraction of sp³-hybridized carbons (Fsp3) is 0.667. The van der Waals surface area contributed by atoms with Gasteiger partial charge in [0.05, 0.1) is 19.8 Å². The zero-order valence-corrected chi connectivity index (χ0v) is 12.3. The molecule has 0 fully saturated rings. The Hall–Kier alpha value is -1.33. The van der Waals surface area contributed by atoms with Crippen LogP contribution >= 0.6 is 0 Å². The quantitative estimate of drug-likeness (QED) is 0.628. The van der Waals surface area contributed by atoms with E-state index in [-0.39, 0.29) is 5.56 Å². The van der Waals surface area contributed by atoms with Crippen LogP contribution in [-0.4, -0.2) is 30.9 Å². The molecule has 0 aliphatic carbocycles. The van der Waals surface area contributed by atoms with Crippen molar-refractivity contribution in [3.8, 4) is 5.75 Å². The third kappa shape index (κ3) is 6.21. The van der Waals surface area contributed by atoms with E-state index in [1.54, 1.807) is 16.8 Å². The van der Waals surface area contributed by atoms with Crippen LogP contribution in [0.1, 0.15) is 32.6 Å². The molecule has 0 radical (unpaired) electrons. The van der Waals surface area contributed by atoms with Crippen LogP contribution in [0.15, 0.2) is 23.1 Å². The van der Waals surface area contributed by atoms with Crippen molar-refractivity contribution >= 4 is 0 Å². The molecule has 0 saturated carbocycles. The molecular formula is C15H26N2O3. The van der Waals surface area contributed by atoms with E-state index >= 15 is 0 Å². The molecule has 2 N–H and O–H groups in total. The minimum Gasteiger partial charge on any atom is -0.488 e. The Morgan fingerprint density at radius 2 is 2.05 bits per heavy atom. The van der Waals surface area contributed by atoms with Crippen LogP contribution in [0.5, 0.6) is 5.75 Å². The minimum atomic E-state index is -0.0978. The number of nitrogens with two attached hydrogens (primary N) is 1. The van der Waals surface area contributed by atoms with E-state index in [1.807, 2.05) is 6.07 Å². The molecule has 0 amide bonds. The molecule has 0 unspecified atom stereocenters. The number of unbranched alkanes of at least 4 members (excludes halogenated alkanes) is 3. The normalized spacial score (nSPS) is 10.7. The second kappa shape index (κ2) is 10.5. The Morgan fingerprint density at radius 1 is 1.20 bits per heavy atom. The van der Waals surface area contributed by atoms with Gasteiger partial charge in [-0.2, -0.15) is 0 Å². The smallest absolute Gasteiger partial charge is 0.292 e. The van der Waals surface area contributed by atoms with Crippen molar-refractivity contribution in [2.24, 2.45) is 5.73 Å². The molecule has 0 aromatic carbocycles. The molecule has 1 aromatic rings. The van der Waals surface area contributed by atoms with Gasteiger partial charge in [-0.1, -0.05) is 26.2 Å². The van der Waals surface area contributed by atoms with Crippen molar-refractivity contribution in [2.45, 2.75) is 39.2 Å². The number of rotatable bonds is 11. The lowest BCUT2D eigenvalue weighted by Crippen LogP contribution is -2.24. The summed E-state index contributed by atoms with van der Waals surface area (Å²) in [4.78, 5) is 12.1. The number of hydrogen-bond acceptors (Lipinski definition) is 4. The Bertz CT molecular complexity index is 418. The largest absolute Gasteiger partial charge is 0.488 e. The summed E-state index contributed by atoms with van der Waals surface area (Å²) < 4.78 is 12.4. The van der Waals surface area contributed by atoms with Crippen molar-refractivity contribution < 1.29 is 9.47 Å². The van der Waals surface area contributed by atoms with E-state index in [1.165, 1.54) is 12.8 Å². The van der Waals surface area contributed by atoms with Gasteiger partial charge in [0.15, 0.2) is 5.75 Å². The summed E-state index contributed by atoms with van der Waals surface area (Å²) in [5.41, 5.74) is 5.24. The van der Waals surface area contributed by atoms with Gasteiger partial charge in [0.25, 0.3) is 5.56 Å². The molecule has 1 heterocycles. The van der Waals surface area contributed by atoms with Crippen molar-refractivity contribution in [3.63, 3.8) is 0 Å². The lowest BCUT2D eigenvalue weighted by Gasteiger charge is -2.09. The summed E-state index contributed by atoms with van der Waals surface area (Å²) in [5, 5.41) is 0. The second-order valence-corrected chi connectivity index (χ2v) is 4.68. The topological polar surface area (TPSA) is 66.5 Å². The van der Waals surface area contributed by atoms with Gasteiger partial charge in [-0.05, 0) is 18.6 Å². The first-order chi connectivity index (χ1) is 9.79. The number of nitrogens with zero attached hydrogens (tertiary/aromatic N) is 1. The molecule has 5 heteroatoms. The van der Waals surface area contributed by atoms with Crippen LogP contribution in [0, 0.1) is 0 Å². The molecule has 5 nitrogen and oxygen atoms in total. The lowest BCUT2D eigenvalue weighted by molar-refractivity contribution is 0.132. The average molecular weight is 282 g/mol. The molecule has 114 valence electrons. The zero-order chi connectivity index (χ0) is 14.6. The van der Waals surface area contributed by atoms with Crippen molar-refractivity contribution in [1.82, 2.24) is 4.57 Å². The number of pyridine rings is 1. The van der Waals surface area contributed by atoms with Crippen LogP contribution in [0.4, 0.5) is 0 Å². The summed E-state index contributed by atoms with van der Waals surface area (Å²) in [6.45, 7) is 4.79. The third-order valence-corrected chi connectivity index (χ3v) is 2.98. The number of ether oxygens (including phenoxy) is 2. The summed E-state index contributed by atoms with van der Waals surface area (Å²) in [6, 6.07) is 3.55. The Balaban J connectivity index is 2.41. The first-order valence-electron chi connectivity index (χ1n) is 7.39. The van der Waals surface area contributed by atoms with E-state index in [4.69, 9.17) is 15.2 Å². The summed E-state index contributed by atoms with van der Waals surface area (Å²) in [5.74, 6) is 0.419. The van der Waals surface area contributed by atoms with E-state index in [0.717, 1.165) is 12.8 Å². The Kier molecular flexibility index (Phi) is 8.74. The Morgan fingerprint density at radius 3 is 2.80 bits per heavy atom. The molecule has 0 spiro atoms. The van der Waals surface area contributed by atoms with Gasteiger partial charge >= 0.3 is 0 Å². The second-order valence-electron chi connectivity index (χ2n) is 4.68. The van der Waals surface area contributed by atoms with Gasteiger partial charge in [0, 0.05) is 19.3 Å². The van der Waals surface area contributed by atoms with Gasteiger partial charge in [0.1, 0.15) is 0 Å². The van der Waals surface area contributed by atoms with Crippen LogP contribution < -0.4 is 16.0 Å². The molecule has 0 saturated heterocycles.